The van der Waals surface area contributed by atoms with E-state index in [4.69, 9.17) is 0 Å². The molecule has 3 saturated carbocycles. The standard InChI is InChI=1S/C19H25NO/c21-18(20-17-13-14-8-9-15(17)12-14)19(10-4-5-11-19)16-6-2-1-3-7-16/h1-3,6-7,14-15,17H,4-5,8-13H2,(H,20,21)/t14-,15-,17-/m1/s1. The predicted octanol–water partition coefficient (Wildman–Crippen LogP) is 3.80. The molecule has 1 amide bonds. The average molecular weight is 283 g/mol. The van der Waals surface area contributed by atoms with Crippen LogP contribution in [0.3, 0.4) is 0 Å². The molecule has 0 heterocycles. The monoisotopic (exact) mass is 283 g/mol. The summed E-state index contributed by atoms with van der Waals surface area (Å²) in [4.78, 5) is 13.1. The van der Waals surface area contributed by atoms with Gasteiger partial charge in [-0.25, -0.2) is 0 Å². The van der Waals surface area contributed by atoms with Crippen molar-refractivity contribution in [3.8, 4) is 0 Å². The Kier molecular flexibility index (Phi) is 3.28. The van der Waals surface area contributed by atoms with Crippen molar-refractivity contribution in [2.24, 2.45) is 11.8 Å². The van der Waals surface area contributed by atoms with E-state index in [2.05, 4.69) is 29.6 Å². The maximum Gasteiger partial charge on any atom is 0.230 e. The van der Waals surface area contributed by atoms with Gasteiger partial charge in [0.2, 0.25) is 5.91 Å². The van der Waals surface area contributed by atoms with Gasteiger partial charge in [-0.3, -0.25) is 4.79 Å². The first kappa shape index (κ1) is 13.4. The fourth-order valence-corrected chi connectivity index (χ4v) is 5.11. The van der Waals surface area contributed by atoms with E-state index in [-0.39, 0.29) is 5.41 Å². The average Bonchev–Trinajstić information content (AvgIpc) is 3.25. The molecule has 1 aromatic rings. The quantitative estimate of drug-likeness (QED) is 0.898. The largest absolute Gasteiger partial charge is 0.352 e. The molecule has 0 saturated heterocycles. The highest BCUT2D eigenvalue weighted by atomic mass is 16.2. The topological polar surface area (TPSA) is 29.1 Å². The molecule has 0 unspecified atom stereocenters. The van der Waals surface area contributed by atoms with Gasteiger partial charge in [0.25, 0.3) is 0 Å². The molecule has 3 atom stereocenters. The molecule has 2 heteroatoms. The van der Waals surface area contributed by atoms with Crippen molar-refractivity contribution < 1.29 is 4.79 Å². The number of fused-ring (bicyclic) bond motifs is 2. The zero-order valence-corrected chi connectivity index (χ0v) is 12.7. The molecule has 2 nitrogen and oxygen atoms in total. The molecule has 0 aliphatic heterocycles. The maximum absolute atomic E-state index is 13.1. The summed E-state index contributed by atoms with van der Waals surface area (Å²) in [6.07, 6.45) is 9.69. The maximum atomic E-state index is 13.1. The Labute approximate surface area is 127 Å². The van der Waals surface area contributed by atoms with Gasteiger partial charge in [-0.1, -0.05) is 49.6 Å². The van der Waals surface area contributed by atoms with Crippen molar-refractivity contribution in [1.29, 1.82) is 0 Å². The first-order chi connectivity index (χ1) is 10.3. The third kappa shape index (κ3) is 2.20. The lowest BCUT2D eigenvalue weighted by Crippen LogP contribution is -2.48. The summed E-state index contributed by atoms with van der Waals surface area (Å²) in [6, 6.07) is 10.9. The first-order valence-corrected chi connectivity index (χ1v) is 8.64. The van der Waals surface area contributed by atoms with Crippen molar-refractivity contribution in [1.82, 2.24) is 5.32 Å². The zero-order chi connectivity index (χ0) is 14.3. The van der Waals surface area contributed by atoms with Gasteiger partial charge in [0.1, 0.15) is 0 Å². The molecule has 21 heavy (non-hydrogen) atoms. The second-order valence-electron chi connectivity index (χ2n) is 7.41. The molecular weight excluding hydrogens is 258 g/mol. The third-order valence-corrected chi connectivity index (χ3v) is 6.27. The highest BCUT2D eigenvalue weighted by Gasteiger charge is 2.46. The van der Waals surface area contributed by atoms with Crippen LogP contribution in [-0.2, 0) is 10.2 Å². The van der Waals surface area contributed by atoms with Gasteiger partial charge in [-0.05, 0) is 49.5 Å². The fourth-order valence-electron chi connectivity index (χ4n) is 5.11. The van der Waals surface area contributed by atoms with E-state index in [0.717, 1.165) is 24.7 Å². The highest BCUT2D eigenvalue weighted by Crippen LogP contribution is 2.46. The Morgan fingerprint density at radius 2 is 1.81 bits per heavy atom. The first-order valence-electron chi connectivity index (χ1n) is 8.64. The summed E-state index contributed by atoms with van der Waals surface area (Å²) >= 11 is 0. The van der Waals surface area contributed by atoms with Crippen LogP contribution in [0.5, 0.6) is 0 Å². The van der Waals surface area contributed by atoms with Crippen LogP contribution in [0.2, 0.25) is 0 Å². The van der Waals surface area contributed by atoms with Gasteiger partial charge in [0, 0.05) is 6.04 Å². The summed E-state index contributed by atoms with van der Waals surface area (Å²) < 4.78 is 0. The molecular formula is C19H25NO. The van der Waals surface area contributed by atoms with E-state index >= 15 is 0 Å². The van der Waals surface area contributed by atoms with E-state index in [9.17, 15) is 4.79 Å². The second kappa shape index (κ2) is 5.15. The minimum absolute atomic E-state index is 0.247. The van der Waals surface area contributed by atoms with Crippen LogP contribution in [0.15, 0.2) is 30.3 Å². The summed E-state index contributed by atoms with van der Waals surface area (Å²) in [6.45, 7) is 0. The minimum Gasteiger partial charge on any atom is -0.352 e. The molecule has 0 radical (unpaired) electrons. The molecule has 0 spiro atoms. The van der Waals surface area contributed by atoms with Crippen LogP contribution < -0.4 is 5.32 Å². The minimum atomic E-state index is -0.247. The van der Waals surface area contributed by atoms with Crippen LogP contribution in [-0.4, -0.2) is 11.9 Å². The van der Waals surface area contributed by atoms with Crippen LogP contribution >= 0.6 is 0 Å². The van der Waals surface area contributed by atoms with Gasteiger partial charge in [-0.15, -0.1) is 0 Å². The number of rotatable bonds is 3. The normalized spacial score (nSPS) is 33.2. The van der Waals surface area contributed by atoms with E-state index in [0.29, 0.717) is 11.9 Å². The number of carbonyl (C=O) groups excluding carboxylic acids is 1. The number of carbonyl (C=O) groups is 1. The van der Waals surface area contributed by atoms with Crippen molar-refractivity contribution >= 4 is 5.91 Å². The van der Waals surface area contributed by atoms with Crippen molar-refractivity contribution in [2.75, 3.05) is 0 Å². The van der Waals surface area contributed by atoms with Gasteiger partial charge < -0.3 is 5.32 Å². The Hall–Kier alpha value is -1.31. The summed E-state index contributed by atoms with van der Waals surface area (Å²) in [5, 5.41) is 3.45. The Morgan fingerprint density at radius 1 is 1.05 bits per heavy atom. The van der Waals surface area contributed by atoms with E-state index in [1.165, 1.54) is 44.1 Å². The van der Waals surface area contributed by atoms with Gasteiger partial charge in [0.15, 0.2) is 0 Å². The van der Waals surface area contributed by atoms with Crippen LogP contribution in [0.1, 0.15) is 56.9 Å². The lowest BCUT2D eigenvalue weighted by Gasteiger charge is -2.32. The van der Waals surface area contributed by atoms with Crippen LogP contribution in [0.4, 0.5) is 0 Å². The van der Waals surface area contributed by atoms with E-state index in [1.54, 1.807) is 0 Å². The van der Waals surface area contributed by atoms with Crippen molar-refractivity contribution in [3.63, 3.8) is 0 Å². The Balaban J connectivity index is 1.55. The SMILES string of the molecule is O=C(N[C@@H]1C[C@@H]2CC[C@@H]1C2)C1(c2ccccc2)CCCC1. The molecule has 1 aromatic carbocycles. The zero-order valence-electron chi connectivity index (χ0n) is 12.7. The Morgan fingerprint density at radius 3 is 2.43 bits per heavy atom. The molecule has 3 aliphatic carbocycles. The van der Waals surface area contributed by atoms with Crippen LogP contribution in [0, 0.1) is 11.8 Å². The van der Waals surface area contributed by atoms with E-state index in [1.807, 2.05) is 6.07 Å². The predicted molar refractivity (Wildman–Crippen MR) is 84.0 cm³/mol. The van der Waals surface area contributed by atoms with Crippen molar-refractivity contribution in [2.45, 2.75) is 62.8 Å². The van der Waals surface area contributed by atoms with E-state index < -0.39 is 0 Å². The van der Waals surface area contributed by atoms with Crippen molar-refractivity contribution in [3.05, 3.63) is 35.9 Å². The number of amides is 1. The lowest BCUT2D eigenvalue weighted by molar-refractivity contribution is -0.127. The molecule has 4 rings (SSSR count). The number of hydrogen-bond acceptors (Lipinski definition) is 1. The second-order valence-corrected chi connectivity index (χ2v) is 7.41. The fraction of sp³-hybridized carbons (Fsp3) is 0.632. The third-order valence-electron chi connectivity index (χ3n) is 6.27. The summed E-state index contributed by atoms with van der Waals surface area (Å²) in [5.74, 6) is 1.95. The summed E-state index contributed by atoms with van der Waals surface area (Å²) in [5.41, 5.74) is 0.978. The summed E-state index contributed by atoms with van der Waals surface area (Å²) in [7, 11) is 0. The van der Waals surface area contributed by atoms with Gasteiger partial charge in [0.05, 0.1) is 5.41 Å². The molecule has 0 aromatic heterocycles. The highest BCUT2D eigenvalue weighted by molar-refractivity contribution is 5.88. The molecule has 112 valence electrons. The molecule has 3 aliphatic rings. The molecule has 3 fully saturated rings. The lowest BCUT2D eigenvalue weighted by atomic mass is 9.77. The number of benzene rings is 1. The number of hydrogen-bond donors (Lipinski definition) is 1. The van der Waals surface area contributed by atoms with Gasteiger partial charge in [-0.2, -0.15) is 0 Å². The molecule has 1 N–H and O–H groups in total. The van der Waals surface area contributed by atoms with Gasteiger partial charge >= 0.3 is 0 Å². The Bertz CT molecular complexity index is 518. The number of nitrogens with one attached hydrogen (secondary N) is 1. The van der Waals surface area contributed by atoms with Crippen LogP contribution in [0.25, 0.3) is 0 Å². The molecule has 2 bridgehead atoms. The smallest absolute Gasteiger partial charge is 0.230 e.